The molecule has 3 nitrogen and oxygen atoms in total. The Kier molecular flexibility index (Phi) is 4.46. The number of hydrogen-bond donors (Lipinski definition) is 1. The van der Waals surface area contributed by atoms with Gasteiger partial charge in [0.25, 0.3) is 0 Å². The third-order valence-corrected chi connectivity index (χ3v) is 4.04. The number of aromatic nitrogens is 2. The number of hydrogen-bond acceptors (Lipinski definition) is 2. The molecule has 1 heterocycles. The van der Waals surface area contributed by atoms with Gasteiger partial charge in [-0.25, -0.2) is 4.98 Å². The second kappa shape index (κ2) is 6.51. The van der Waals surface area contributed by atoms with Crippen LogP contribution in [0.4, 0.5) is 0 Å². The lowest BCUT2D eigenvalue weighted by molar-refractivity contribution is 0.199. The fourth-order valence-electron chi connectivity index (χ4n) is 2.54. The average molecular weight is 314 g/mol. The molecular weight excluding hydrogens is 294 g/mol. The lowest BCUT2D eigenvalue weighted by Crippen LogP contribution is -2.30. The van der Waals surface area contributed by atoms with Crippen LogP contribution in [0.3, 0.4) is 0 Å². The Morgan fingerprint density at radius 2 is 1.86 bits per heavy atom. The van der Waals surface area contributed by atoms with Gasteiger partial charge < -0.3 is 4.98 Å². The highest BCUT2D eigenvalue weighted by molar-refractivity contribution is 6.31. The Hall–Kier alpha value is -1.84. The lowest BCUT2D eigenvalue weighted by atomic mass is 10.2. The van der Waals surface area contributed by atoms with E-state index in [2.05, 4.69) is 53.0 Å². The monoisotopic (exact) mass is 313 g/mol. The second-order valence-corrected chi connectivity index (χ2v) is 6.27. The molecule has 0 fully saturated rings. The molecule has 22 heavy (non-hydrogen) atoms. The molecule has 4 heteroatoms. The molecule has 0 radical (unpaired) electrons. The molecule has 0 aliphatic rings. The number of nitrogens with zero attached hydrogens (tertiary/aromatic N) is 2. The summed E-state index contributed by atoms with van der Waals surface area (Å²) < 4.78 is 0. The molecule has 3 rings (SSSR count). The normalized spacial score (nSPS) is 11.7. The minimum Gasteiger partial charge on any atom is -0.341 e. The van der Waals surface area contributed by atoms with Crippen molar-refractivity contribution in [3.05, 3.63) is 64.9 Å². The van der Waals surface area contributed by atoms with E-state index in [0.717, 1.165) is 35.0 Å². The molecular formula is C18H20ClN3. The van der Waals surface area contributed by atoms with Crippen molar-refractivity contribution in [2.75, 3.05) is 0 Å². The van der Waals surface area contributed by atoms with Crippen LogP contribution in [0.15, 0.2) is 48.5 Å². The van der Waals surface area contributed by atoms with Gasteiger partial charge in [0.1, 0.15) is 5.82 Å². The number of fused-ring (bicyclic) bond motifs is 1. The summed E-state index contributed by atoms with van der Waals surface area (Å²) in [5.41, 5.74) is 3.27. The molecule has 0 aliphatic heterocycles. The third-order valence-electron chi connectivity index (χ3n) is 3.80. The zero-order chi connectivity index (χ0) is 15.5. The van der Waals surface area contributed by atoms with Gasteiger partial charge in [-0.15, -0.1) is 0 Å². The molecule has 0 saturated heterocycles. The topological polar surface area (TPSA) is 31.9 Å². The van der Waals surface area contributed by atoms with E-state index in [1.165, 1.54) is 5.56 Å². The first-order valence-electron chi connectivity index (χ1n) is 7.54. The molecule has 0 amide bonds. The SMILES string of the molecule is CC(C)N(Cc1ccccc1)Cc1nc2ccc(Cl)cc2[nH]1. The summed E-state index contributed by atoms with van der Waals surface area (Å²) in [5.74, 6) is 0.974. The second-order valence-electron chi connectivity index (χ2n) is 5.83. The van der Waals surface area contributed by atoms with Crippen molar-refractivity contribution in [3.8, 4) is 0 Å². The molecule has 2 aromatic carbocycles. The summed E-state index contributed by atoms with van der Waals surface area (Å²) in [5, 5.41) is 0.729. The minimum absolute atomic E-state index is 0.442. The Labute approximate surface area is 135 Å². The molecule has 0 spiro atoms. The molecule has 0 atom stereocenters. The summed E-state index contributed by atoms with van der Waals surface area (Å²) in [4.78, 5) is 10.4. The molecule has 0 aliphatic carbocycles. The first-order chi connectivity index (χ1) is 10.6. The van der Waals surface area contributed by atoms with Crippen LogP contribution < -0.4 is 0 Å². The standard InChI is InChI=1S/C18H20ClN3/c1-13(2)22(11-14-6-4-3-5-7-14)12-18-20-16-9-8-15(19)10-17(16)21-18/h3-10,13H,11-12H2,1-2H3,(H,20,21). The van der Waals surface area contributed by atoms with Gasteiger partial charge in [0.05, 0.1) is 17.6 Å². The van der Waals surface area contributed by atoms with Crippen LogP contribution in [-0.4, -0.2) is 20.9 Å². The van der Waals surface area contributed by atoms with Gasteiger partial charge in [0.2, 0.25) is 0 Å². The molecule has 1 N–H and O–H groups in total. The fraction of sp³-hybridized carbons (Fsp3) is 0.278. The predicted octanol–water partition coefficient (Wildman–Crippen LogP) is 4.63. The zero-order valence-corrected chi connectivity index (χ0v) is 13.6. The average Bonchev–Trinajstić information content (AvgIpc) is 2.89. The maximum Gasteiger partial charge on any atom is 0.121 e. The van der Waals surface area contributed by atoms with Crippen LogP contribution in [0.1, 0.15) is 25.2 Å². The van der Waals surface area contributed by atoms with Crippen LogP contribution in [-0.2, 0) is 13.1 Å². The van der Waals surface area contributed by atoms with E-state index in [9.17, 15) is 0 Å². The molecule has 114 valence electrons. The number of aromatic amines is 1. The van der Waals surface area contributed by atoms with Gasteiger partial charge in [-0.1, -0.05) is 41.9 Å². The quantitative estimate of drug-likeness (QED) is 0.745. The first kappa shape index (κ1) is 15.1. The summed E-state index contributed by atoms with van der Waals surface area (Å²) in [6, 6.07) is 16.7. The first-order valence-corrected chi connectivity index (χ1v) is 7.92. The number of nitrogens with one attached hydrogen (secondary N) is 1. The Morgan fingerprint density at radius 1 is 1.09 bits per heavy atom. The Morgan fingerprint density at radius 3 is 2.59 bits per heavy atom. The van der Waals surface area contributed by atoms with Gasteiger partial charge in [0.15, 0.2) is 0 Å². The Bertz CT molecular complexity index is 749. The maximum atomic E-state index is 6.03. The highest BCUT2D eigenvalue weighted by atomic mass is 35.5. The largest absolute Gasteiger partial charge is 0.341 e. The van der Waals surface area contributed by atoms with E-state index < -0.39 is 0 Å². The molecule has 0 unspecified atom stereocenters. The molecule has 1 aromatic heterocycles. The van der Waals surface area contributed by atoms with Crippen LogP contribution >= 0.6 is 11.6 Å². The Balaban J connectivity index is 1.80. The van der Waals surface area contributed by atoms with E-state index in [1.807, 2.05) is 24.3 Å². The van der Waals surface area contributed by atoms with Crippen molar-refractivity contribution in [2.24, 2.45) is 0 Å². The summed E-state index contributed by atoms with van der Waals surface area (Å²) in [7, 11) is 0. The predicted molar refractivity (Wildman–Crippen MR) is 91.9 cm³/mol. The van der Waals surface area contributed by atoms with Crippen LogP contribution in [0.2, 0.25) is 5.02 Å². The van der Waals surface area contributed by atoms with E-state index in [0.29, 0.717) is 6.04 Å². The fourth-order valence-corrected chi connectivity index (χ4v) is 2.71. The maximum absolute atomic E-state index is 6.03. The van der Waals surface area contributed by atoms with Crippen molar-refractivity contribution in [3.63, 3.8) is 0 Å². The van der Waals surface area contributed by atoms with Crippen LogP contribution in [0.25, 0.3) is 11.0 Å². The van der Waals surface area contributed by atoms with Gasteiger partial charge in [-0.3, -0.25) is 4.90 Å². The summed E-state index contributed by atoms with van der Waals surface area (Å²) in [6.07, 6.45) is 0. The third kappa shape index (κ3) is 3.49. The van der Waals surface area contributed by atoms with E-state index in [-0.39, 0.29) is 0 Å². The number of imidazole rings is 1. The summed E-state index contributed by atoms with van der Waals surface area (Å²) in [6.45, 7) is 6.13. The van der Waals surface area contributed by atoms with Crippen LogP contribution in [0.5, 0.6) is 0 Å². The number of H-pyrrole nitrogens is 1. The van der Waals surface area contributed by atoms with Crippen molar-refractivity contribution >= 4 is 22.6 Å². The van der Waals surface area contributed by atoms with Crippen molar-refractivity contribution in [2.45, 2.75) is 33.0 Å². The minimum atomic E-state index is 0.442. The van der Waals surface area contributed by atoms with E-state index in [4.69, 9.17) is 11.6 Å². The van der Waals surface area contributed by atoms with E-state index >= 15 is 0 Å². The number of rotatable bonds is 5. The molecule has 3 aromatic rings. The van der Waals surface area contributed by atoms with Gasteiger partial charge >= 0.3 is 0 Å². The van der Waals surface area contributed by atoms with Crippen molar-refractivity contribution in [1.29, 1.82) is 0 Å². The van der Waals surface area contributed by atoms with Crippen molar-refractivity contribution < 1.29 is 0 Å². The van der Waals surface area contributed by atoms with Crippen molar-refractivity contribution in [1.82, 2.24) is 14.9 Å². The summed E-state index contributed by atoms with van der Waals surface area (Å²) >= 11 is 6.03. The van der Waals surface area contributed by atoms with Crippen LogP contribution in [0, 0.1) is 0 Å². The number of halogens is 1. The zero-order valence-electron chi connectivity index (χ0n) is 12.9. The number of benzene rings is 2. The molecule has 0 bridgehead atoms. The van der Waals surface area contributed by atoms with E-state index in [1.54, 1.807) is 0 Å². The van der Waals surface area contributed by atoms with Gasteiger partial charge in [-0.2, -0.15) is 0 Å². The highest BCUT2D eigenvalue weighted by Crippen LogP contribution is 2.19. The molecule has 0 saturated carbocycles. The van der Waals surface area contributed by atoms with Gasteiger partial charge in [0, 0.05) is 17.6 Å². The lowest BCUT2D eigenvalue weighted by Gasteiger charge is -2.25. The van der Waals surface area contributed by atoms with Gasteiger partial charge in [-0.05, 0) is 37.6 Å². The smallest absolute Gasteiger partial charge is 0.121 e. The highest BCUT2D eigenvalue weighted by Gasteiger charge is 2.13.